The first-order valence-corrected chi connectivity index (χ1v) is 5.49. The van der Waals surface area contributed by atoms with E-state index in [4.69, 9.17) is 5.14 Å². The Kier molecular flexibility index (Phi) is 3.38. The number of hydrogen-bond donors (Lipinski definition) is 1. The first-order chi connectivity index (χ1) is 6.80. The number of nitrogens with two attached hydrogens (primary N) is 1. The molecular weight excluding hydrogens is 226 g/mol. The van der Waals surface area contributed by atoms with Gasteiger partial charge in [-0.05, 0) is 6.07 Å². The van der Waals surface area contributed by atoms with Crippen LogP contribution in [0.5, 0.6) is 0 Å². The zero-order chi connectivity index (χ0) is 11.6. The maximum atomic E-state index is 13.1. The van der Waals surface area contributed by atoms with E-state index in [2.05, 4.69) is 0 Å². The fraction of sp³-hybridized carbons (Fsp3) is 0.250. The summed E-state index contributed by atoms with van der Waals surface area (Å²) in [4.78, 5) is 0. The lowest BCUT2D eigenvalue weighted by Gasteiger charge is -2.13. The smallest absolute Gasteiger partial charge is 0.216 e. The van der Waals surface area contributed by atoms with Crippen LogP contribution in [-0.4, -0.2) is 19.8 Å². The molecule has 0 unspecified atom stereocenters. The molecule has 0 aliphatic carbocycles. The molecule has 0 saturated heterocycles. The first kappa shape index (κ1) is 12.0. The molecule has 15 heavy (non-hydrogen) atoms. The maximum absolute atomic E-state index is 13.1. The van der Waals surface area contributed by atoms with Crippen molar-refractivity contribution < 1.29 is 17.2 Å². The van der Waals surface area contributed by atoms with Gasteiger partial charge in [-0.25, -0.2) is 13.9 Å². The molecule has 0 aromatic heterocycles. The molecule has 0 amide bonds. The zero-order valence-corrected chi connectivity index (χ0v) is 8.76. The Balaban J connectivity index is 2.91. The van der Waals surface area contributed by atoms with E-state index in [-0.39, 0.29) is 12.1 Å². The summed E-state index contributed by atoms with van der Waals surface area (Å²) in [5.74, 6) is -1.51. The summed E-state index contributed by atoms with van der Waals surface area (Å²) in [6.07, 6.45) is 0. The summed E-state index contributed by atoms with van der Waals surface area (Å²) in [6, 6.07) is 2.91. The highest BCUT2D eigenvalue weighted by Crippen LogP contribution is 2.12. The Labute approximate surface area is 86.5 Å². The predicted octanol–water partition coefficient (Wildman–Crippen LogP) is 0.600. The van der Waals surface area contributed by atoms with Crippen LogP contribution in [0.3, 0.4) is 0 Å². The van der Waals surface area contributed by atoms with Gasteiger partial charge in [-0.15, -0.1) is 0 Å². The SMILES string of the molecule is CN(Cc1ccc(F)cc1F)S(N)(=O)=O. The molecule has 2 N–H and O–H groups in total. The van der Waals surface area contributed by atoms with Crippen molar-refractivity contribution in [2.75, 3.05) is 7.05 Å². The Morgan fingerprint density at radius 3 is 2.47 bits per heavy atom. The fourth-order valence-corrected chi connectivity index (χ4v) is 1.30. The summed E-state index contributed by atoms with van der Waals surface area (Å²) < 4.78 is 48.0. The van der Waals surface area contributed by atoms with Gasteiger partial charge in [-0.2, -0.15) is 12.7 Å². The molecule has 0 radical (unpaired) electrons. The quantitative estimate of drug-likeness (QED) is 0.835. The second kappa shape index (κ2) is 4.21. The van der Waals surface area contributed by atoms with Crippen LogP contribution >= 0.6 is 0 Å². The van der Waals surface area contributed by atoms with Crippen LogP contribution in [0.4, 0.5) is 8.78 Å². The lowest BCUT2D eigenvalue weighted by Crippen LogP contribution is -2.32. The average molecular weight is 236 g/mol. The molecule has 0 aliphatic heterocycles. The van der Waals surface area contributed by atoms with Crippen LogP contribution in [0, 0.1) is 11.6 Å². The van der Waals surface area contributed by atoms with E-state index in [1.807, 2.05) is 0 Å². The van der Waals surface area contributed by atoms with E-state index in [9.17, 15) is 17.2 Å². The summed E-state index contributed by atoms with van der Waals surface area (Å²) in [5.41, 5.74) is 0.0629. The average Bonchev–Trinajstić information content (AvgIpc) is 2.08. The molecule has 0 bridgehead atoms. The molecule has 0 heterocycles. The highest BCUT2D eigenvalue weighted by atomic mass is 32.2. The van der Waals surface area contributed by atoms with Gasteiger partial charge in [-0.3, -0.25) is 0 Å². The summed E-state index contributed by atoms with van der Waals surface area (Å²) in [7, 11) is -2.65. The van der Waals surface area contributed by atoms with E-state index >= 15 is 0 Å². The molecule has 4 nitrogen and oxygen atoms in total. The minimum Gasteiger partial charge on any atom is -0.216 e. The highest BCUT2D eigenvalue weighted by molar-refractivity contribution is 7.86. The highest BCUT2D eigenvalue weighted by Gasteiger charge is 2.14. The van der Waals surface area contributed by atoms with Gasteiger partial charge in [0, 0.05) is 25.2 Å². The Morgan fingerprint density at radius 2 is 2.00 bits per heavy atom. The van der Waals surface area contributed by atoms with Crippen molar-refractivity contribution in [3.05, 3.63) is 35.4 Å². The second-order valence-corrected chi connectivity index (χ2v) is 4.69. The van der Waals surface area contributed by atoms with Gasteiger partial charge < -0.3 is 0 Å². The van der Waals surface area contributed by atoms with Crippen molar-refractivity contribution in [1.29, 1.82) is 0 Å². The molecule has 1 rings (SSSR count). The lowest BCUT2D eigenvalue weighted by molar-refractivity contribution is 0.456. The number of rotatable bonds is 3. The van der Waals surface area contributed by atoms with Gasteiger partial charge in [0.05, 0.1) is 0 Å². The maximum Gasteiger partial charge on any atom is 0.276 e. The van der Waals surface area contributed by atoms with E-state index in [0.29, 0.717) is 6.07 Å². The number of hydrogen-bond acceptors (Lipinski definition) is 2. The number of halogens is 2. The normalized spacial score (nSPS) is 12.1. The lowest BCUT2D eigenvalue weighted by atomic mass is 10.2. The Bertz CT molecular complexity index is 462. The standard InChI is InChI=1S/C8H10F2N2O2S/c1-12(15(11,13)14)5-6-2-3-7(9)4-8(6)10/h2-4H,5H2,1H3,(H2,11,13,14). The predicted molar refractivity (Wildman–Crippen MR) is 50.9 cm³/mol. The van der Waals surface area contributed by atoms with Gasteiger partial charge in [0.25, 0.3) is 10.2 Å². The van der Waals surface area contributed by atoms with Crippen LogP contribution in [0.25, 0.3) is 0 Å². The summed E-state index contributed by atoms with van der Waals surface area (Å²) in [5, 5.41) is 4.81. The van der Waals surface area contributed by atoms with Crippen LogP contribution in [-0.2, 0) is 16.8 Å². The van der Waals surface area contributed by atoms with Crippen molar-refractivity contribution >= 4 is 10.2 Å². The van der Waals surface area contributed by atoms with Crippen molar-refractivity contribution in [3.63, 3.8) is 0 Å². The molecule has 7 heteroatoms. The zero-order valence-electron chi connectivity index (χ0n) is 7.94. The van der Waals surface area contributed by atoms with E-state index in [1.165, 1.54) is 13.1 Å². The monoisotopic (exact) mass is 236 g/mol. The van der Waals surface area contributed by atoms with Crippen molar-refractivity contribution in [2.45, 2.75) is 6.54 Å². The topological polar surface area (TPSA) is 63.4 Å². The van der Waals surface area contributed by atoms with Gasteiger partial charge in [0.15, 0.2) is 0 Å². The molecule has 0 spiro atoms. The van der Waals surface area contributed by atoms with Crippen LogP contribution in [0.1, 0.15) is 5.56 Å². The van der Waals surface area contributed by atoms with E-state index in [1.54, 1.807) is 0 Å². The van der Waals surface area contributed by atoms with Crippen LogP contribution in [0.2, 0.25) is 0 Å². The van der Waals surface area contributed by atoms with Gasteiger partial charge in [-0.1, -0.05) is 6.07 Å². The summed E-state index contributed by atoms with van der Waals surface area (Å²) >= 11 is 0. The number of benzene rings is 1. The molecule has 84 valence electrons. The second-order valence-electron chi connectivity index (χ2n) is 3.04. The van der Waals surface area contributed by atoms with Gasteiger partial charge >= 0.3 is 0 Å². The Morgan fingerprint density at radius 1 is 1.40 bits per heavy atom. The first-order valence-electron chi connectivity index (χ1n) is 3.98. The molecule has 0 aliphatic rings. The summed E-state index contributed by atoms with van der Waals surface area (Å²) in [6.45, 7) is -0.231. The van der Waals surface area contributed by atoms with Crippen molar-refractivity contribution in [1.82, 2.24) is 4.31 Å². The third-order valence-corrected chi connectivity index (χ3v) is 2.84. The van der Waals surface area contributed by atoms with E-state index in [0.717, 1.165) is 10.4 Å². The van der Waals surface area contributed by atoms with Crippen LogP contribution < -0.4 is 5.14 Å². The van der Waals surface area contributed by atoms with Crippen molar-refractivity contribution in [3.8, 4) is 0 Å². The third kappa shape index (κ3) is 3.22. The molecule has 1 aromatic rings. The fourth-order valence-electron chi connectivity index (χ4n) is 0.980. The van der Waals surface area contributed by atoms with Gasteiger partial charge in [0.1, 0.15) is 11.6 Å². The minimum atomic E-state index is -3.85. The molecule has 0 atom stereocenters. The molecular formula is C8H10F2N2O2S. The largest absolute Gasteiger partial charge is 0.276 e. The molecule has 0 fully saturated rings. The Hall–Kier alpha value is -1.05. The van der Waals surface area contributed by atoms with E-state index < -0.39 is 21.8 Å². The van der Waals surface area contributed by atoms with Gasteiger partial charge in [0.2, 0.25) is 0 Å². The molecule has 1 aromatic carbocycles. The molecule has 0 saturated carbocycles. The van der Waals surface area contributed by atoms with Crippen LogP contribution in [0.15, 0.2) is 18.2 Å². The third-order valence-electron chi connectivity index (χ3n) is 1.84. The minimum absolute atomic E-state index is 0.0629. The number of nitrogens with zero attached hydrogens (tertiary/aromatic N) is 1. The van der Waals surface area contributed by atoms with Crippen molar-refractivity contribution in [2.24, 2.45) is 5.14 Å².